The quantitative estimate of drug-likeness (QED) is 0.250. The van der Waals surface area contributed by atoms with E-state index >= 15 is 0 Å². The molecule has 0 saturated heterocycles. The number of rotatable bonds is 6. The maximum absolute atomic E-state index is 2.80. The summed E-state index contributed by atoms with van der Waals surface area (Å²) in [6.07, 6.45) is 4.62. The minimum Gasteiger partial charge on any atom is -1.00 e. The van der Waals surface area contributed by atoms with Crippen molar-refractivity contribution in [3.63, 3.8) is 0 Å². The molecule has 0 bridgehead atoms. The third kappa shape index (κ3) is 5.69. The summed E-state index contributed by atoms with van der Waals surface area (Å²) >= 11 is -2.80. The summed E-state index contributed by atoms with van der Waals surface area (Å²) in [5.41, 5.74) is 17.6. The van der Waals surface area contributed by atoms with E-state index in [9.17, 15) is 0 Å². The van der Waals surface area contributed by atoms with Gasteiger partial charge < -0.3 is 24.8 Å². The largest absolute Gasteiger partial charge is 1.00 e. The molecule has 1 atom stereocenters. The standard InChI is InChI=1S/C17H17.C13H10.C11H11.2ClH.Zr/c1-3-12-5-7-16-14(9-12)11-15-10-13(4-2)6-8-17(15)16;1-3-7-12(8-4-1)11-13-9-5-2-6-10-13;1-8-3-4-10-6-9(2)7-11(10)5-8;;;/h5-11H,3-4H2,1-2H3;1-10H;3-7H,1-2H3;2*1H;/q;;;;;+2/p-2. The van der Waals surface area contributed by atoms with Gasteiger partial charge in [0.1, 0.15) is 0 Å². The van der Waals surface area contributed by atoms with Gasteiger partial charge in [-0.25, -0.2) is 0 Å². The van der Waals surface area contributed by atoms with Crippen molar-refractivity contribution in [1.29, 1.82) is 0 Å². The molecule has 44 heavy (non-hydrogen) atoms. The van der Waals surface area contributed by atoms with E-state index in [2.05, 4.69) is 149 Å². The number of benzene rings is 5. The van der Waals surface area contributed by atoms with Crippen molar-refractivity contribution < 1.29 is 46.1 Å². The molecule has 5 aromatic carbocycles. The Morgan fingerprint density at radius 2 is 1.09 bits per heavy atom. The van der Waals surface area contributed by atoms with E-state index < -0.39 is 21.3 Å². The van der Waals surface area contributed by atoms with Crippen molar-refractivity contribution >= 4 is 9.28 Å². The first-order valence-corrected chi connectivity index (χ1v) is 19.5. The Kier molecular flexibility index (Phi) is 10.1. The molecule has 0 spiro atoms. The molecule has 220 valence electrons. The van der Waals surface area contributed by atoms with E-state index in [4.69, 9.17) is 0 Å². The van der Waals surface area contributed by atoms with Gasteiger partial charge in [-0.1, -0.05) is 0 Å². The SMILES string of the molecule is CCc1ccc2c(c1)[CH]([Zr+2](=[C](c1ccccc1)c1ccccc1)[CH]1C(C)=Cc3ccc(C)cc31)c1cc(CC)ccc1-2.[Cl-].[Cl-]. The van der Waals surface area contributed by atoms with Crippen molar-refractivity contribution in [2.45, 2.75) is 47.8 Å². The Balaban J connectivity index is 0.00000192. The zero-order valence-electron chi connectivity index (χ0n) is 25.9. The Bertz CT molecular complexity index is 1770. The number of fused-ring (bicyclic) bond motifs is 4. The second kappa shape index (κ2) is 13.7. The van der Waals surface area contributed by atoms with Crippen molar-refractivity contribution in [3.8, 4) is 11.1 Å². The maximum Gasteiger partial charge on any atom is -1.00 e. The van der Waals surface area contributed by atoms with Gasteiger partial charge in [0.25, 0.3) is 0 Å². The summed E-state index contributed by atoms with van der Waals surface area (Å²) in [4.78, 5) is 0. The monoisotopic (exact) mass is 690 g/mol. The molecule has 0 N–H and O–H groups in total. The molecule has 7 rings (SSSR count). The fraction of sp³-hybridized carbons (Fsp3) is 0.195. The van der Waals surface area contributed by atoms with Gasteiger partial charge in [-0.3, -0.25) is 0 Å². The fourth-order valence-corrected chi connectivity index (χ4v) is 17.7. The van der Waals surface area contributed by atoms with Crippen LogP contribution in [0, 0.1) is 6.92 Å². The van der Waals surface area contributed by atoms with Crippen LogP contribution in [0.4, 0.5) is 0 Å². The van der Waals surface area contributed by atoms with Crippen LogP contribution >= 0.6 is 0 Å². The summed E-state index contributed by atoms with van der Waals surface area (Å²) in [7, 11) is 0. The first kappa shape index (κ1) is 32.6. The van der Waals surface area contributed by atoms with E-state index in [1.165, 1.54) is 44.5 Å². The van der Waals surface area contributed by atoms with Crippen LogP contribution in [0.3, 0.4) is 0 Å². The predicted molar refractivity (Wildman–Crippen MR) is 176 cm³/mol. The third-order valence-electron chi connectivity index (χ3n) is 9.39. The van der Waals surface area contributed by atoms with Gasteiger partial charge in [0.05, 0.1) is 0 Å². The van der Waals surface area contributed by atoms with Crippen LogP contribution in [-0.2, 0) is 34.1 Å². The van der Waals surface area contributed by atoms with Crippen LogP contribution in [0.1, 0.15) is 78.1 Å². The van der Waals surface area contributed by atoms with E-state index in [0.29, 0.717) is 7.25 Å². The van der Waals surface area contributed by atoms with Crippen LogP contribution in [0.2, 0.25) is 0 Å². The minimum atomic E-state index is -2.80. The number of halogens is 2. The van der Waals surface area contributed by atoms with Gasteiger partial charge in [0, 0.05) is 0 Å². The van der Waals surface area contributed by atoms with Crippen LogP contribution in [0.15, 0.2) is 121 Å². The van der Waals surface area contributed by atoms with Gasteiger partial charge in [-0.2, -0.15) is 0 Å². The molecule has 0 amide bonds. The van der Waals surface area contributed by atoms with Gasteiger partial charge in [0.15, 0.2) is 0 Å². The molecule has 0 aromatic heterocycles. The normalized spacial score (nSPS) is 14.2. The van der Waals surface area contributed by atoms with Crippen molar-refractivity contribution in [3.05, 3.63) is 171 Å². The zero-order chi connectivity index (χ0) is 28.8. The van der Waals surface area contributed by atoms with Crippen molar-refractivity contribution in [1.82, 2.24) is 0 Å². The minimum absolute atomic E-state index is 0. The van der Waals surface area contributed by atoms with Crippen LogP contribution < -0.4 is 24.8 Å². The van der Waals surface area contributed by atoms with Crippen LogP contribution in [-0.4, -0.2) is 3.21 Å². The molecular formula is C41H38Cl2Zr. The van der Waals surface area contributed by atoms with Crippen molar-refractivity contribution in [2.75, 3.05) is 0 Å². The Morgan fingerprint density at radius 3 is 1.59 bits per heavy atom. The molecule has 0 aliphatic heterocycles. The number of hydrogen-bond donors (Lipinski definition) is 0. The third-order valence-corrected chi connectivity index (χ3v) is 18.7. The first-order valence-electron chi connectivity index (χ1n) is 15.5. The molecule has 3 heteroatoms. The van der Waals surface area contributed by atoms with Crippen LogP contribution in [0.5, 0.6) is 0 Å². The van der Waals surface area contributed by atoms with E-state index in [1.807, 2.05) is 0 Å². The molecule has 2 aliphatic carbocycles. The molecule has 0 heterocycles. The van der Waals surface area contributed by atoms with Crippen LogP contribution in [0.25, 0.3) is 17.2 Å². The summed E-state index contributed by atoms with van der Waals surface area (Å²) < 4.78 is 2.54. The number of hydrogen-bond acceptors (Lipinski definition) is 0. The second-order valence-electron chi connectivity index (χ2n) is 12.0. The van der Waals surface area contributed by atoms with E-state index in [-0.39, 0.29) is 24.8 Å². The maximum atomic E-state index is 2.57. The molecule has 0 saturated carbocycles. The van der Waals surface area contributed by atoms with Crippen molar-refractivity contribution in [2.24, 2.45) is 0 Å². The number of allylic oxidation sites excluding steroid dienone is 1. The summed E-state index contributed by atoms with van der Waals surface area (Å²) in [5, 5.41) is 0. The summed E-state index contributed by atoms with van der Waals surface area (Å²) in [6, 6.07) is 44.6. The molecule has 0 nitrogen and oxygen atoms in total. The van der Waals surface area contributed by atoms with Gasteiger partial charge in [0.2, 0.25) is 0 Å². The molecular weight excluding hydrogens is 655 g/mol. The Morgan fingerprint density at radius 1 is 0.568 bits per heavy atom. The topological polar surface area (TPSA) is 0 Å². The average Bonchev–Trinajstić information content (AvgIpc) is 3.53. The van der Waals surface area contributed by atoms with Gasteiger partial charge >= 0.3 is 260 Å². The van der Waals surface area contributed by atoms with E-state index in [1.54, 1.807) is 25.5 Å². The van der Waals surface area contributed by atoms with Gasteiger partial charge in [-0.15, -0.1) is 0 Å². The molecule has 2 aliphatic rings. The summed E-state index contributed by atoms with van der Waals surface area (Å²) in [5.74, 6) is 0. The summed E-state index contributed by atoms with van der Waals surface area (Å²) in [6.45, 7) is 9.26. The predicted octanol–water partition coefficient (Wildman–Crippen LogP) is 4.24. The fourth-order valence-electron chi connectivity index (χ4n) is 7.36. The van der Waals surface area contributed by atoms with E-state index in [0.717, 1.165) is 12.8 Å². The Labute approximate surface area is 283 Å². The molecule has 1 unspecified atom stereocenters. The molecule has 0 fully saturated rings. The average molecular weight is 693 g/mol. The Hall–Kier alpha value is -2.83. The zero-order valence-corrected chi connectivity index (χ0v) is 29.8. The second-order valence-corrected chi connectivity index (χ2v) is 18.3. The number of aryl methyl sites for hydroxylation is 3. The molecule has 5 aromatic rings. The van der Waals surface area contributed by atoms with Gasteiger partial charge in [-0.05, 0) is 0 Å². The first-order chi connectivity index (χ1) is 20.6. The molecule has 0 radical (unpaired) electrons. The smallest absolute Gasteiger partial charge is 1.00 e.